The van der Waals surface area contributed by atoms with Crippen LogP contribution in [-0.4, -0.2) is 118 Å². The van der Waals surface area contributed by atoms with Gasteiger partial charge in [0.2, 0.25) is 11.8 Å². The second kappa shape index (κ2) is 16.2. The molecule has 0 unspecified atom stereocenters. The summed E-state index contributed by atoms with van der Waals surface area (Å²) in [6.45, 7) is 3.39. The molecular weight excluding hydrogens is 488 g/mol. The van der Waals surface area contributed by atoms with Crippen molar-refractivity contribution in [1.82, 2.24) is 21.3 Å². The van der Waals surface area contributed by atoms with E-state index in [1.165, 1.54) is 13.8 Å². The first kappa shape index (κ1) is 31.4. The van der Waals surface area contributed by atoms with Gasteiger partial charge in [0.1, 0.15) is 36.5 Å². The van der Waals surface area contributed by atoms with Crippen molar-refractivity contribution in [2.45, 2.75) is 88.2 Å². The average molecular weight is 527 g/mol. The van der Waals surface area contributed by atoms with Gasteiger partial charge in [-0.15, -0.1) is 11.6 Å². The average Bonchev–Trinajstić information content (AvgIpc) is 2.82. The number of carboxylic acid groups (broad SMARTS) is 1. The number of aliphatic hydroxyl groups is 4. The number of hydrogen-bond acceptors (Lipinski definition) is 10. The fraction of sp³-hybridized carbons (Fsp3) is 0.857. The third-order valence-corrected chi connectivity index (χ3v) is 5.97. The number of rotatable bonds is 16. The number of hydrogen-bond donors (Lipinski definition) is 9. The van der Waals surface area contributed by atoms with E-state index in [0.29, 0.717) is 38.8 Å². The number of amides is 2. The summed E-state index contributed by atoms with van der Waals surface area (Å²) in [5.41, 5.74) is 0. The standard InChI is InChI=1S/C21H39ClN4O9/c1-11(19(31)26-12(2)21(33)34)25-20(32)13(24-10-22)5-3-4-7-23-8-6-14-16(28)18(30)17(29)15(9-27)35-14/h11-18,23-24,27-30H,3-10H2,1-2H3,(H,25,32)(H,26,31)(H,33,34)/t11-,12-,13-,14-,15+,16-,17-,18+/m0/s1. The fourth-order valence-electron chi connectivity index (χ4n) is 3.58. The number of carbonyl (C=O) groups excluding carboxylic acids is 2. The largest absolute Gasteiger partial charge is 0.480 e. The van der Waals surface area contributed by atoms with Gasteiger partial charge in [0.15, 0.2) is 0 Å². The zero-order chi connectivity index (χ0) is 26.5. The van der Waals surface area contributed by atoms with Gasteiger partial charge in [0.05, 0.1) is 24.8 Å². The summed E-state index contributed by atoms with van der Waals surface area (Å²) in [6.07, 6.45) is -3.49. The third kappa shape index (κ3) is 10.5. The van der Waals surface area contributed by atoms with Crippen LogP contribution in [0.25, 0.3) is 0 Å². The molecule has 14 heteroatoms. The molecule has 204 valence electrons. The summed E-state index contributed by atoms with van der Waals surface area (Å²) in [5.74, 6) is -2.21. The maximum atomic E-state index is 12.5. The SMILES string of the molecule is C[C@H](NC(=O)[C@H](C)NC(=O)[C@H](CCCCNCC[C@@H]1O[C@H](CO)[C@H](O)[C@H](O)[C@H]1O)NCCl)C(=O)O. The van der Waals surface area contributed by atoms with Gasteiger partial charge in [0, 0.05) is 0 Å². The van der Waals surface area contributed by atoms with Crippen molar-refractivity contribution >= 4 is 29.4 Å². The van der Waals surface area contributed by atoms with Crippen LogP contribution in [0.5, 0.6) is 0 Å². The van der Waals surface area contributed by atoms with Crippen molar-refractivity contribution in [2.24, 2.45) is 0 Å². The van der Waals surface area contributed by atoms with Gasteiger partial charge in [-0.2, -0.15) is 0 Å². The second-order valence-corrected chi connectivity index (χ2v) is 8.86. The summed E-state index contributed by atoms with van der Waals surface area (Å²) >= 11 is 5.72. The number of aliphatic carboxylic acids is 1. The Morgan fingerprint density at radius 1 is 0.914 bits per heavy atom. The molecule has 35 heavy (non-hydrogen) atoms. The van der Waals surface area contributed by atoms with Crippen LogP contribution < -0.4 is 21.3 Å². The van der Waals surface area contributed by atoms with E-state index in [2.05, 4.69) is 21.3 Å². The van der Waals surface area contributed by atoms with Crippen molar-refractivity contribution in [3.05, 3.63) is 0 Å². The molecule has 0 saturated carbocycles. The van der Waals surface area contributed by atoms with E-state index in [1.54, 1.807) is 0 Å². The Hall–Kier alpha value is -1.58. The molecule has 0 bridgehead atoms. The van der Waals surface area contributed by atoms with E-state index in [-0.39, 0.29) is 6.00 Å². The van der Waals surface area contributed by atoms with Gasteiger partial charge in [-0.25, -0.2) is 0 Å². The Morgan fingerprint density at radius 2 is 1.54 bits per heavy atom. The van der Waals surface area contributed by atoms with E-state index in [1.807, 2.05) is 0 Å². The molecule has 0 aromatic rings. The summed E-state index contributed by atoms with van der Waals surface area (Å²) in [6, 6.07) is -2.60. The molecule has 0 radical (unpaired) electrons. The number of alkyl halides is 1. The maximum Gasteiger partial charge on any atom is 0.325 e. The molecule has 1 aliphatic heterocycles. The summed E-state index contributed by atoms with van der Waals surface area (Å²) in [5, 5.41) is 58.6. The Morgan fingerprint density at radius 3 is 2.14 bits per heavy atom. The highest BCUT2D eigenvalue weighted by Crippen LogP contribution is 2.22. The highest BCUT2D eigenvalue weighted by atomic mass is 35.5. The zero-order valence-electron chi connectivity index (χ0n) is 20.0. The number of unbranched alkanes of at least 4 members (excludes halogenated alkanes) is 1. The van der Waals surface area contributed by atoms with Gasteiger partial charge in [0.25, 0.3) is 0 Å². The minimum atomic E-state index is -1.39. The van der Waals surface area contributed by atoms with Crippen molar-refractivity contribution < 1.29 is 44.7 Å². The van der Waals surface area contributed by atoms with Gasteiger partial charge < -0.3 is 46.2 Å². The van der Waals surface area contributed by atoms with Crippen LogP contribution in [0.2, 0.25) is 0 Å². The minimum Gasteiger partial charge on any atom is -0.480 e. The van der Waals surface area contributed by atoms with Crippen LogP contribution in [0.15, 0.2) is 0 Å². The molecule has 8 atom stereocenters. The van der Waals surface area contributed by atoms with Crippen molar-refractivity contribution in [3.8, 4) is 0 Å². The van der Waals surface area contributed by atoms with Gasteiger partial charge >= 0.3 is 5.97 Å². The molecule has 0 aromatic heterocycles. The normalized spacial score (nSPS) is 27.0. The lowest BCUT2D eigenvalue weighted by Crippen LogP contribution is -2.58. The van der Waals surface area contributed by atoms with Gasteiger partial charge in [-0.1, -0.05) is 6.42 Å². The molecule has 1 heterocycles. The minimum absolute atomic E-state index is 0.0338. The first-order valence-corrected chi connectivity index (χ1v) is 12.2. The summed E-state index contributed by atoms with van der Waals surface area (Å²) in [4.78, 5) is 35.4. The summed E-state index contributed by atoms with van der Waals surface area (Å²) in [7, 11) is 0. The van der Waals surface area contributed by atoms with E-state index in [4.69, 9.17) is 21.4 Å². The quantitative estimate of drug-likeness (QED) is 0.0570. The maximum absolute atomic E-state index is 12.5. The van der Waals surface area contributed by atoms with Crippen LogP contribution in [0, 0.1) is 0 Å². The highest BCUT2D eigenvalue weighted by molar-refractivity contribution is 6.17. The van der Waals surface area contributed by atoms with E-state index < -0.39 is 73.0 Å². The molecule has 13 nitrogen and oxygen atoms in total. The van der Waals surface area contributed by atoms with Gasteiger partial charge in [-0.3, -0.25) is 19.7 Å². The van der Waals surface area contributed by atoms with Crippen molar-refractivity contribution in [3.63, 3.8) is 0 Å². The van der Waals surface area contributed by atoms with Crippen LogP contribution in [-0.2, 0) is 19.1 Å². The molecule has 0 aromatic carbocycles. The van der Waals surface area contributed by atoms with Crippen LogP contribution >= 0.6 is 11.6 Å². The number of carbonyl (C=O) groups is 3. The molecule has 1 aliphatic rings. The molecule has 1 rings (SSSR count). The molecule has 1 saturated heterocycles. The highest BCUT2D eigenvalue weighted by Gasteiger charge is 2.42. The fourth-order valence-corrected chi connectivity index (χ4v) is 3.77. The number of carboxylic acids is 1. The predicted molar refractivity (Wildman–Crippen MR) is 126 cm³/mol. The lowest BCUT2D eigenvalue weighted by Gasteiger charge is -2.40. The first-order chi connectivity index (χ1) is 16.5. The number of aliphatic hydroxyl groups excluding tert-OH is 4. The lowest BCUT2D eigenvalue weighted by atomic mass is 9.93. The molecule has 0 spiro atoms. The van der Waals surface area contributed by atoms with E-state index in [9.17, 15) is 34.8 Å². The van der Waals surface area contributed by atoms with Gasteiger partial charge in [-0.05, 0) is 46.2 Å². The van der Waals surface area contributed by atoms with E-state index in [0.717, 1.165) is 0 Å². The topological polar surface area (TPSA) is 210 Å². The molecular formula is C21H39ClN4O9. The first-order valence-electron chi connectivity index (χ1n) is 11.7. The molecule has 2 amide bonds. The Labute approximate surface area is 209 Å². The number of ether oxygens (including phenoxy) is 1. The molecule has 1 fully saturated rings. The van der Waals surface area contributed by atoms with E-state index >= 15 is 0 Å². The second-order valence-electron chi connectivity index (χ2n) is 8.59. The third-order valence-electron chi connectivity index (χ3n) is 5.81. The monoisotopic (exact) mass is 526 g/mol. The van der Waals surface area contributed by atoms with Crippen LogP contribution in [0.1, 0.15) is 39.5 Å². The zero-order valence-corrected chi connectivity index (χ0v) is 20.8. The Balaban J connectivity index is 2.33. The van der Waals surface area contributed by atoms with Crippen molar-refractivity contribution in [2.75, 3.05) is 25.7 Å². The Bertz CT molecular complexity index is 673. The molecule has 0 aliphatic carbocycles. The number of nitrogens with one attached hydrogen (secondary N) is 4. The number of halogens is 1. The van der Waals surface area contributed by atoms with Crippen molar-refractivity contribution in [1.29, 1.82) is 0 Å². The lowest BCUT2D eigenvalue weighted by molar-refractivity contribution is -0.229. The van der Waals surface area contributed by atoms with Crippen LogP contribution in [0.4, 0.5) is 0 Å². The smallest absolute Gasteiger partial charge is 0.325 e. The molecule has 9 N–H and O–H groups in total. The van der Waals surface area contributed by atoms with Crippen LogP contribution in [0.3, 0.4) is 0 Å². The summed E-state index contributed by atoms with van der Waals surface area (Å²) < 4.78 is 5.45. The predicted octanol–water partition coefficient (Wildman–Crippen LogP) is -2.77. The Kier molecular flexibility index (Phi) is 14.6.